The molecule has 0 fully saturated rings. The first-order valence-electron chi connectivity index (χ1n) is 9.33. The van der Waals surface area contributed by atoms with Gasteiger partial charge in [0.15, 0.2) is 6.04 Å². The number of amides is 2. The van der Waals surface area contributed by atoms with Gasteiger partial charge in [-0.25, -0.2) is 9.59 Å². The van der Waals surface area contributed by atoms with Gasteiger partial charge in [-0.15, -0.1) is 0 Å². The minimum absolute atomic E-state index is 0.0240. The van der Waals surface area contributed by atoms with Crippen LogP contribution in [0.2, 0.25) is 0 Å². The zero-order valence-corrected chi connectivity index (χ0v) is 17.6. The number of nitrogens with one attached hydrogen (secondary N) is 1. The molecular formula is C20H29N3O7. The number of carbonyl (C=O) groups is 4. The summed E-state index contributed by atoms with van der Waals surface area (Å²) in [6.45, 7) is 4.30. The Labute approximate surface area is 175 Å². The van der Waals surface area contributed by atoms with E-state index in [-0.39, 0.29) is 13.0 Å². The summed E-state index contributed by atoms with van der Waals surface area (Å²) in [5.74, 6) is -2.63. The van der Waals surface area contributed by atoms with Gasteiger partial charge in [0.1, 0.15) is 18.2 Å². The van der Waals surface area contributed by atoms with Crippen LogP contribution in [-0.2, 0) is 23.9 Å². The van der Waals surface area contributed by atoms with E-state index in [4.69, 9.17) is 20.3 Å². The van der Waals surface area contributed by atoms with E-state index in [2.05, 4.69) is 5.32 Å². The van der Waals surface area contributed by atoms with E-state index in [9.17, 15) is 19.2 Å². The fourth-order valence-electron chi connectivity index (χ4n) is 2.46. The van der Waals surface area contributed by atoms with Crippen LogP contribution < -0.4 is 11.1 Å². The van der Waals surface area contributed by atoms with Crippen molar-refractivity contribution in [3.8, 4) is 0 Å². The first-order valence-corrected chi connectivity index (χ1v) is 9.33. The SMILES string of the molecule is COC(=O)C(NC(=O)N(CCC(N)C(=O)OC(C)(C)C)CC(=O)O)c1ccccc1. The van der Waals surface area contributed by atoms with Crippen molar-refractivity contribution in [2.75, 3.05) is 20.2 Å². The fraction of sp³-hybridized carbons (Fsp3) is 0.500. The lowest BCUT2D eigenvalue weighted by Gasteiger charge is -2.26. The summed E-state index contributed by atoms with van der Waals surface area (Å²) in [4.78, 5) is 49.0. The number of carboxylic acids is 1. The average Bonchev–Trinajstić information content (AvgIpc) is 2.67. The van der Waals surface area contributed by atoms with Gasteiger partial charge in [0.2, 0.25) is 0 Å². The van der Waals surface area contributed by atoms with E-state index in [0.29, 0.717) is 5.56 Å². The van der Waals surface area contributed by atoms with E-state index in [1.807, 2.05) is 0 Å². The third-order valence-electron chi connectivity index (χ3n) is 3.87. The topological polar surface area (TPSA) is 148 Å². The summed E-state index contributed by atoms with van der Waals surface area (Å²) < 4.78 is 9.92. The third-order valence-corrected chi connectivity index (χ3v) is 3.87. The van der Waals surface area contributed by atoms with E-state index in [0.717, 1.165) is 4.90 Å². The minimum atomic E-state index is -1.26. The first-order chi connectivity index (χ1) is 13.9. The number of esters is 2. The molecule has 10 nitrogen and oxygen atoms in total. The van der Waals surface area contributed by atoms with Gasteiger partial charge in [0.25, 0.3) is 0 Å². The second kappa shape index (κ2) is 11.1. The van der Waals surface area contributed by atoms with Crippen molar-refractivity contribution in [1.29, 1.82) is 0 Å². The van der Waals surface area contributed by atoms with E-state index < -0.39 is 48.2 Å². The second-order valence-corrected chi connectivity index (χ2v) is 7.56. The van der Waals surface area contributed by atoms with Crippen LogP contribution in [0.25, 0.3) is 0 Å². The Morgan fingerprint density at radius 1 is 1.13 bits per heavy atom. The predicted octanol–water partition coefficient (Wildman–Crippen LogP) is 1.06. The van der Waals surface area contributed by atoms with Crippen LogP contribution in [0.3, 0.4) is 0 Å². The second-order valence-electron chi connectivity index (χ2n) is 7.56. The van der Waals surface area contributed by atoms with Crippen molar-refractivity contribution >= 4 is 23.9 Å². The van der Waals surface area contributed by atoms with Crippen molar-refractivity contribution in [1.82, 2.24) is 10.2 Å². The minimum Gasteiger partial charge on any atom is -0.480 e. The molecule has 1 rings (SSSR count). The number of carbonyl (C=O) groups excluding carboxylic acids is 3. The number of nitrogens with zero attached hydrogens (tertiary/aromatic N) is 1. The van der Waals surface area contributed by atoms with Crippen molar-refractivity contribution in [3.63, 3.8) is 0 Å². The molecule has 0 heterocycles. The summed E-state index contributed by atoms with van der Waals surface area (Å²) >= 11 is 0. The number of rotatable bonds is 9. The van der Waals surface area contributed by atoms with Crippen molar-refractivity contribution in [3.05, 3.63) is 35.9 Å². The molecule has 1 aromatic rings. The molecule has 0 spiro atoms. The molecule has 0 saturated carbocycles. The van der Waals surface area contributed by atoms with Gasteiger partial charge in [-0.2, -0.15) is 0 Å². The highest BCUT2D eigenvalue weighted by molar-refractivity contribution is 5.86. The molecule has 1 aromatic carbocycles. The molecule has 2 amide bonds. The maximum Gasteiger partial charge on any atom is 0.333 e. The number of ether oxygens (including phenoxy) is 2. The molecule has 0 aliphatic carbocycles. The summed E-state index contributed by atoms with van der Waals surface area (Å²) in [5, 5.41) is 11.6. The average molecular weight is 423 g/mol. The standard InChI is InChI=1S/C20H29N3O7/c1-20(2,3)30-17(26)14(21)10-11-23(12-15(24)25)19(28)22-16(18(27)29-4)13-8-6-5-7-9-13/h5-9,14,16H,10-12,21H2,1-4H3,(H,22,28)(H,24,25). The number of hydrogen-bond acceptors (Lipinski definition) is 7. The van der Waals surface area contributed by atoms with Crippen molar-refractivity contribution in [2.24, 2.45) is 5.73 Å². The Bertz CT molecular complexity index is 747. The van der Waals surface area contributed by atoms with Crippen LogP contribution in [0, 0.1) is 0 Å². The maximum absolute atomic E-state index is 12.7. The van der Waals surface area contributed by atoms with Gasteiger partial charge in [0, 0.05) is 6.54 Å². The lowest BCUT2D eigenvalue weighted by Crippen LogP contribution is -2.48. The molecule has 2 atom stereocenters. The molecule has 0 saturated heterocycles. The Morgan fingerprint density at radius 2 is 1.73 bits per heavy atom. The fourth-order valence-corrected chi connectivity index (χ4v) is 2.46. The molecule has 4 N–H and O–H groups in total. The molecule has 0 bridgehead atoms. The lowest BCUT2D eigenvalue weighted by molar-refractivity contribution is -0.156. The van der Waals surface area contributed by atoms with E-state index >= 15 is 0 Å². The highest BCUT2D eigenvalue weighted by Gasteiger charge is 2.28. The van der Waals surface area contributed by atoms with Gasteiger partial charge in [0.05, 0.1) is 7.11 Å². The molecule has 30 heavy (non-hydrogen) atoms. The molecule has 0 radical (unpaired) electrons. The number of urea groups is 1. The summed E-state index contributed by atoms with van der Waals surface area (Å²) in [6.07, 6.45) is -0.0240. The number of hydrogen-bond donors (Lipinski definition) is 3. The zero-order chi connectivity index (χ0) is 22.9. The molecule has 2 unspecified atom stereocenters. The summed E-state index contributed by atoms with van der Waals surface area (Å²) in [6, 6.07) is 5.39. The number of nitrogens with two attached hydrogens (primary N) is 1. The maximum atomic E-state index is 12.7. The summed E-state index contributed by atoms with van der Waals surface area (Å²) in [7, 11) is 1.18. The van der Waals surface area contributed by atoms with Gasteiger partial charge in [-0.1, -0.05) is 30.3 Å². The molecular weight excluding hydrogens is 394 g/mol. The van der Waals surface area contributed by atoms with E-state index in [1.54, 1.807) is 51.1 Å². The van der Waals surface area contributed by atoms with Crippen LogP contribution in [0.4, 0.5) is 4.79 Å². The molecule has 10 heteroatoms. The van der Waals surface area contributed by atoms with Gasteiger partial charge in [-0.05, 0) is 32.8 Å². The van der Waals surface area contributed by atoms with Crippen LogP contribution >= 0.6 is 0 Å². The monoisotopic (exact) mass is 423 g/mol. The van der Waals surface area contributed by atoms with Crippen LogP contribution in [0.5, 0.6) is 0 Å². The molecule has 0 aromatic heterocycles. The van der Waals surface area contributed by atoms with Gasteiger partial charge in [-0.3, -0.25) is 9.59 Å². The van der Waals surface area contributed by atoms with Crippen molar-refractivity contribution < 1.29 is 33.8 Å². The largest absolute Gasteiger partial charge is 0.480 e. The number of aliphatic carboxylic acids is 1. The van der Waals surface area contributed by atoms with Gasteiger partial charge >= 0.3 is 23.9 Å². The smallest absolute Gasteiger partial charge is 0.333 e. The predicted molar refractivity (Wildman–Crippen MR) is 107 cm³/mol. The Hall–Kier alpha value is -3.14. The Morgan fingerprint density at radius 3 is 2.23 bits per heavy atom. The molecule has 0 aliphatic rings. The van der Waals surface area contributed by atoms with E-state index in [1.165, 1.54) is 7.11 Å². The zero-order valence-electron chi connectivity index (χ0n) is 17.6. The van der Waals surface area contributed by atoms with Crippen LogP contribution in [0.15, 0.2) is 30.3 Å². The number of benzene rings is 1. The van der Waals surface area contributed by atoms with Crippen LogP contribution in [0.1, 0.15) is 38.8 Å². The summed E-state index contributed by atoms with van der Waals surface area (Å²) in [5.41, 5.74) is 5.56. The lowest BCUT2D eigenvalue weighted by atomic mass is 10.1. The normalized spacial score (nSPS) is 13.0. The molecule has 0 aliphatic heterocycles. The van der Waals surface area contributed by atoms with Gasteiger partial charge < -0.3 is 30.5 Å². The highest BCUT2D eigenvalue weighted by atomic mass is 16.6. The highest BCUT2D eigenvalue weighted by Crippen LogP contribution is 2.15. The first kappa shape index (κ1) is 24.9. The quantitative estimate of drug-likeness (QED) is 0.499. The third kappa shape index (κ3) is 8.48. The molecule has 166 valence electrons. The van der Waals surface area contributed by atoms with Crippen LogP contribution in [-0.4, -0.2) is 65.8 Å². The Kier molecular flexibility index (Phi) is 9.25. The van der Waals surface area contributed by atoms with Crippen molar-refractivity contribution in [2.45, 2.75) is 44.9 Å². The number of carboxylic acid groups (broad SMARTS) is 1. The Balaban J connectivity index is 2.88. The number of methoxy groups -OCH3 is 1.